The van der Waals surface area contributed by atoms with Crippen LogP contribution in [0.4, 0.5) is 8.78 Å². The monoisotopic (exact) mass is 221 g/mol. The molecule has 1 rings (SSSR count). The Morgan fingerprint density at radius 1 is 1.60 bits per heavy atom. The number of nitrogens with zero attached hydrogens (tertiary/aromatic N) is 1. The number of likely N-dealkylation sites (tertiary alicyclic amines) is 1. The van der Waals surface area contributed by atoms with E-state index >= 15 is 0 Å². The lowest BCUT2D eigenvalue weighted by Crippen LogP contribution is -2.48. The second-order valence-electron chi connectivity index (χ2n) is 4.01. The van der Waals surface area contributed by atoms with Crippen LogP contribution in [0.25, 0.3) is 0 Å². The molecule has 88 valence electrons. The van der Waals surface area contributed by atoms with Gasteiger partial charge in [-0.3, -0.25) is 4.79 Å². The number of alkyl halides is 2. The molecule has 1 aliphatic rings. The van der Waals surface area contributed by atoms with Crippen LogP contribution < -0.4 is 0 Å². The average molecular weight is 221 g/mol. The van der Waals surface area contributed by atoms with E-state index in [4.69, 9.17) is 5.11 Å². The van der Waals surface area contributed by atoms with E-state index < -0.39 is 18.4 Å². The zero-order valence-electron chi connectivity index (χ0n) is 8.88. The quantitative estimate of drug-likeness (QED) is 0.779. The molecular weight excluding hydrogens is 204 g/mol. The number of carbonyl (C=O) groups excluding carboxylic acids is 1. The van der Waals surface area contributed by atoms with Crippen molar-refractivity contribution in [2.75, 3.05) is 19.7 Å². The maximum Gasteiger partial charge on any atom is 0.265 e. The van der Waals surface area contributed by atoms with E-state index in [1.54, 1.807) is 6.92 Å². The van der Waals surface area contributed by atoms with Gasteiger partial charge in [-0.25, -0.2) is 8.78 Å². The third kappa shape index (κ3) is 3.12. The molecule has 1 aliphatic heterocycles. The Bertz CT molecular complexity index is 229. The summed E-state index contributed by atoms with van der Waals surface area (Å²) < 4.78 is 26.1. The maximum atomic E-state index is 13.0. The Labute approximate surface area is 88.1 Å². The van der Waals surface area contributed by atoms with Gasteiger partial charge < -0.3 is 10.0 Å². The highest BCUT2D eigenvalue weighted by Gasteiger charge is 2.38. The number of amides is 1. The van der Waals surface area contributed by atoms with E-state index in [0.717, 1.165) is 0 Å². The van der Waals surface area contributed by atoms with Crippen LogP contribution in [0.2, 0.25) is 0 Å². The van der Waals surface area contributed by atoms with Crippen LogP contribution in [-0.4, -0.2) is 41.5 Å². The van der Waals surface area contributed by atoms with E-state index in [9.17, 15) is 13.6 Å². The maximum absolute atomic E-state index is 13.0. The second kappa shape index (κ2) is 4.88. The van der Waals surface area contributed by atoms with Gasteiger partial charge in [0.2, 0.25) is 5.91 Å². The number of hydrogen-bond acceptors (Lipinski definition) is 2. The zero-order chi connectivity index (χ0) is 11.5. The van der Waals surface area contributed by atoms with Crippen molar-refractivity contribution < 1.29 is 18.7 Å². The van der Waals surface area contributed by atoms with Crippen molar-refractivity contribution in [1.82, 2.24) is 4.90 Å². The molecule has 1 heterocycles. The predicted molar refractivity (Wildman–Crippen MR) is 51.6 cm³/mol. The molecule has 0 aromatic rings. The Hall–Kier alpha value is -0.710. The first-order valence-electron chi connectivity index (χ1n) is 5.27. The van der Waals surface area contributed by atoms with Crippen molar-refractivity contribution in [3.05, 3.63) is 0 Å². The summed E-state index contributed by atoms with van der Waals surface area (Å²) in [7, 11) is 0. The van der Waals surface area contributed by atoms with Gasteiger partial charge in [-0.05, 0) is 12.8 Å². The number of halogens is 2. The minimum atomic E-state index is -2.76. The van der Waals surface area contributed by atoms with Gasteiger partial charge in [0.05, 0.1) is 19.1 Å². The highest BCUT2D eigenvalue weighted by atomic mass is 19.3. The fourth-order valence-electron chi connectivity index (χ4n) is 1.79. The fraction of sp³-hybridized carbons (Fsp3) is 0.900. The molecule has 0 aliphatic carbocycles. The number of piperidine rings is 1. The molecule has 0 aromatic heterocycles. The van der Waals surface area contributed by atoms with E-state index in [2.05, 4.69) is 0 Å². The van der Waals surface area contributed by atoms with Crippen LogP contribution in [0.15, 0.2) is 0 Å². The first kappa shape index (κ1) is 12.4. The summed E-state index contributed by atoms with van der Waals surface area (Å²) in [6.07, 6.45) is 0.671. The lowest BCUT2D eigenvalue weighted by Gasteiger charge is -2.34. The topological polar surface area (TPSA) is 40.5 Å². The van der Waals surface area contributed by atoms with Crippen molar-refractivity contribution in [3.63, 3.8) is 0 Å². The van der Waals surface area contributed by atoms with Gasteiger partial charge in [0.15, 0.2) is 0 Å². The number of aliphatic hydroxyl groups excluding tert-OH is 1. The molecule has 15 heavy (non-hydrogen) atoms. The highest BCUT2D eigenvalue weighted by Crippen LogP contribution is 2.27. The first-order chi connectivity index (χ1) is 7.00. The Kier molecular flexibility index (Phi) is 4.02. The number of hydrogen-bond donors (Lipinski definition) is 1. The SMILES string of the molecule is CCC(CO)C(=O)N1CCCC(F)(F)C1. The van der Waals surface area contributed by atoms with Crippen LogP contribution in [0.3, 0.4) is 0 Å². The van der Waals surface area contributed by atoms with Crippen LogP contribution in [0, 0.1) is 5.92 Å². The normalized spacial score (nSPS) is 22.5. The van der Waals surface area contributed by atoms with Gasteiger partial charge in [0.25, 0.3) is 5.92 Å². The summed E-state index contributed by atoms with van der Waals surface area (Å²) in [5.41, 5.74) is 0. The van der Waals surface area contributed by atoms with Crippen LogP contribution in [-0.2, 0) is 4.79 Å². The van der Waals surface area contributed by atoms with E-state index in [0.29, 0.717) is 19.4 Å². The van der Waals surface area contributed by atoms with Gasteiger partial charge in [-0.15, -0.1) is 0 Å². The Balaban J connectivity index is 2.59. The largest absolute Gasteiger partial charge is 0.396 e. The Morgan fingerprint density at radius 2 is 2.27 bits per heavy atom. The summed E-state index contributed by atoms with van der Waals surface area (Å²) in [5.74, 6) is -3.64. The summed E-state index contributed by atoms with van der Waals surface area (Å²) in [5, 5.41) is 8.92. The average Bonchev–Trinajstić information content (AvgIpc) is 2.18. The van der Waals surface area contributed by atoms with Gasteiger partial charge >= 0.3 is 0 Å². The van der Waals surface area contributed by atoms with Gasteiger partial charge in [0, 0.05) is 13.0 Å². The van der Waals surface area contributed by atoms with Crippen molar-refractivity contribution in [3.8, 4) is 0 Å². The minimum absolute atomic E-state index is 0.146. The summed E-state index contributed by atoms with van der Waals surface area (Å²) in [6.45, 7) is 1.38. The van der Waals surface area contributed by atoms with Crippen LogP contribution in [0.1, 0.15) is 26.2 Å². The van der Waals surface area contributed by atoms with Crippen LogP contribution in [0.5, 0.6) is 0 Å². The summed E-state index contributed by atoms with van der Waals surface area (Å²) in [4.78, 5) is 12.9. The second-order valence-corrected chi connectivity index (χ2v) is 4.01. The van der Waals surface area contributed by atoms with E-state index in [-0.39, 0.29) is 18.9 Å². The molecule has 1 atom stereocenters. The molecular formula is C10H17F2NO2. The third-order valence-electron chi connectivity index (χ3n) is 2.77. The van der Waals surface area contributed by atoms with Crippen molar-refractivity contribution in [2.24, 2.45) is 5.92 Å². The molecule has 0 aromatic carbocycles. The van der Waals surface area contributed by atoms with E-state index in [1.807, 2.05) is 0 Å². The van der Waals surface area contributed by atoms with Gasteiger partial charge in [-0.2, -0.15) is 0 Å². The third-order valence-corrected chi connectivity index (χ3v) is 2.77. The minimum Gasteiger partial charge on any atom is -0.396 e. The van der Waals surface area contributed by atoms with Gasteiger partial charge in [-0.1, -0.05) is 6.92 Å². The van der Waals surface area contributed by atoms with Crippen molar-refractivity contribution in [1.29, 1.82) is 0 Å². The number of carbonyl (C=O) groups is 1. The molecule has 1 N–H and O–H groups in total. The molecule has 1 amide bonds. The Morgan fingerprint density at radius 3 is 2.73 bits per heavy atom. The standard InChI is InChI=1S/C10H17F2NO2/c1-2-8(6-14)9(15)13-5-3-4-10(11,12)7-13/h8,14H,2-7H2,1H3. The van der Waals surface area contributed by atoms with Crippen molar-refractivity contribution in [2.45, 2.75) is 32.1 Å². The molecule has 0 radical (unpaired) electrons. The lowest BCUT2D eigenvalue weighted by atomic mass is 10.0. The van der Waals surface area contributed by atoms with Crippen LogP contribution >= 0.6 is 0 Å². The fourth-order valence-corrected chi connectivity index (χ4v) is 1.79. The molecule has 1 fully saturated rings. The summed E-state index contributed by atoms with van der Waals surface area (Å²) >= 11 is 0. The van der Waals surface area contributed by atoms with Gasteiger partial charge in [0.1, 0.15) is 0 Å². The molecule has 1 unspecified atom stereocenters. The molecule has 1 saturated heterocycles. The first-order valence-corrected chi connectivity index (χ1v) is 5.27. The predicted octanol–water partition coefficient (Wildman–Crippen LogP) is 1.26. The number of rotatable bonds is 3. The smallest absolute Gasteiger partial charge is 0.265 e. The molecule has 0 saturated carbocycles. The lowest BCUT2D eigenvalue weighted by molar-refractivity contribution is -0.147. The molecule has 5 heteroatoms. The highest BCUT2D eigenvalue weighted by molar-refractivity contribution is 5.79. The molecule has 0 spiro atoms. The van der Waals surface area contributed by atoms with E-state index in [1.165, 1.54) is 4.90 Å². The van der Waals surface area contributed by atoms with Crippen molar-refractivity contribution >= 4 is 5.91 Å². The summed E-state index contributed by atoms with van der Waals surface area (Å²) in [6, 6.07) is 0. The molecule has 3 nitrogen and oxygen atoms in total. The zero-order valence-corrected chi connectivity index (χ0v) is 8.88. The number of aliphatic hydroxyl groups is 1. The molecule has 0 bridgehead atoms.